The molecule has 0 saturated carbocycles. The van der Waals surface area contributed by atoms with Gasteiger partial charge in [-0.1, -0.05) is 23.2 Å². The summed E-state index contributed by atoms with van der Waals surface area (Å²) in [5.41, 5.74) is 0.815. The molecule has 86 valence electrons. The van der Waals surface area contributed by atoms with Crippen molar-refractivity contribution in [2.75, 3.05) is 6.61 Å². The van der Waals surface area contributed by atoms with Crippen molar-refractivity contribution in [2.45, 2.75) is 12.8 Å². The number of rotatable bonds is 2. The molecule has 0 saturated heterocycles. The molecule has 16 heavy (non-hydrogen) atoms. The molecule has 0 amide bonds. The number of fused-ring (bicyclic) bond motifs is 1. The Hall–Kier alpha value is -0.770. The summed E-state index contributed by atoms with van der Waals surface area (Å²) in [5.74, 6) is -0.261. The molecule has 1 aliphatic heterocycles. The second kappa shape index (κ2) is 4.62. The van der Waals surface area contributed by atoms with Crippen LogP contribution < -0.4 is 4.74 Å². The smallest absolute Gasteiger partial charge is 0.314 e. The molecule has 0 spiro atoms. The molecule has 2 rings (SSSR count). The topological polar surface area (TPSA) is 46.5 Å². The first-order valence-electron chi connectivity index (χ1n) is 4.92. The van der Waals surface area contributed by atoms with E-state index in [0.717, 1.165) is 5.56 Å². The maximum Gasteiger partial charge on any atom is 0.314 e. The van der Waals surface area contributed by atoms with Crippen LogP contribution in [0.1, 0.15) is 12.0 Å². The van der Waals surface area contributed by atoms with E-state index in [0.29, 0.717) is 28.6 Å². The van der Waals surface area contributed by atoms with Crippen LogP contribution in [0.15, 0.2) is 12.1 Å². The van der Waals surface area contributed by atoms with Crippen molar-refractivity contribution >= 4 is 29.2 Å². The van der Waals surface area contributed by atoms with Crippen LogP contribution in [0.4, 0.5) is 0 Å². The highest BCUT2D eigenvalue weighted by molar-refractivity contribution is 6.35. The van der Waals surface area contributed by atoms with Crippen molar-refractivity contribution in [2.24, 2.45) is 5.92 Å². The molecule has 1 aromatic carbocycles. The molecule has 1 aliphatic rings. The first-order chi connectivity index (χ1) is 7.61. The van der Waals surface area contributed by atoms with E-state index in [2.05, 4.69) is 0 Å². The van der Waals surface area contributed by atoms with Crippen LogP contribution in [0, 0.1) is 5.92 Å². The van der Waals surface area contributed by atoms with Gasteiger partial charge in [0.1, 0.15) is 0 Å². The molecule has 1 heterocycles. The third-order valence-electron chi connectivity index (χ3n) is 2.57. The predicted octanol–water partition coefficient (Wildman–Crippen LogP) is 2.45. The molecule has 5 heteroatoms. The predicted molar refractivity (Wildman–Crippen MR) is 61.0 cm³/mol. The summed E-state index contributed by atoms with van der Waals surface area (Å²) < 4.78 is 5.14. The largest absolute Gasteiger partial charge is 0.424 e. The van der Waals surface area contributed by atoms with Crippen LogP contribution in [0.3, 0.4) is 0 Å². The van der Waals surface area contributed by atoms with Crippen molar-refractivity contribution in [1.29, 1.82) is 0 Å². The van der Waals surface area contributed by atoms with E-state index in [-0.39, 0.29) is 18.5 Å². The first-order valence-corrected chi connectivity index (χ1v) is 5.68. The summed E-state index contributed by atoms with van der Waals surface area (Å²) >= 11 is 11.8. The third-order valence-corrected chi connectivity index (χ3v) is 3.06. The monoisotopic (exact) mass is 260 g/mol. The van der Waals surface area contributed by atoms with E-state index < -0.39 is 0 Å². The number of halogens is 2. The van der Waals surface area contributed by atoms with Gasteiger partial charge in [-0.15, -0.1) is 0 Å². The lowest BCUT2D eigenvalue weighted by molar-refractivity contribution is -0.140. The van der Waals surface area contributed by atoms with Crippen LogP contribution in [-0.2, 0) is 11.2 Å². The number of esters is 1. The second-order valence-corrected chi connectivity index (χ2v) is 4.55. The molecule has 0 fully saturated rings. The number of aliphatic hydroxyl groups is 1. The molecule has 0 bridgehead atoms. The number of benzene rings is 1. The Bertz CT molecular complexity index is 431. The molecule has 0 aromatic heterocycles. The Morgan fingerprint density at radius 2 is 2.19 bits per heavy atom. The van der Waals surface area contributed by atoms with E-state index in [1.165, 1.54) is 0 Å². The summed E-state index contributed by atoms with van der Waals surface area (Å²) in [5, 5.41) is 9.70. The fraction of sp³-hybridized carbons (Fsp3) is 0.364. The van der Waals surface area contributed by atoms with Gasteiger partial charge in [0.2, 0.25) is 0 Å². The maximum atomic E-state index is 11.6. The van der Waals surface area contributed by atoms with Crippen molar-refractivity contribution in [1.82, 2.24) is 0 Å². The Morgan fingerprint density at radius 1 is 1.44 bits per heavy atom. The highest BCUT2D eigenvalue weighted by Gasteiger charge is 2.29. The quantitative estimate of drug-likeness (QED) is 0.657. The van der Waals surface area contributed by atoms with Crippen molar-refractivity contribution in [3.63, 3.8) is 0 Å². The van der Waals surface area contributed by atoms with Gasteiger partial charge in [-0.25, -0.2) is 0 Å². The summed E-state index contributed by atoms with van der Waals surface area (Å²) in [6, 6.07) is 3.28. The number of ether oxygens (including phenoxy) is 1. The normalized spacial score (nSPS) is 19.2. The molecule has 3 nitrogen and oxygen atoms in total. The summed E-state index contributed by atoms with van der Waals surface area (Å²) in [7, 11) is 0. The van der Waals surface area contributed by atoms with Crippen molar-refractivity contribution < 1.29 is 14.6 Å². The molecule has 0 radical (unpaired) electrons. The van der Waals surface area contributed by atoms with Crippen LogP contribution in [0.5, 0.6) is 5.75 Å². The van der Waals surface area contributed by atoms with E-state index >= 15 is 0 Å². The third kappa shape index (κ3) is 2.17. The van der Waals surface area contributed by atoms with Gasteiger partial charge in [0, 0.05) is 11.6 Å². The van der Waals surface area contributed by atoms with Crippen molar-refractivity contribution in [3.8, 4) is 5.75 Å². The summed E-state index contributed by atoms with van der Waals surface area (Å²) in [6.45, 7) is -0.0383. The molecule has 0 aliphatic carbocycles. The van der Waals surface area contributed by atoms with Gasteiger partial charge in [0.05, 0.1) is 10.9 Å². The lowest BCUT2D eigenvalue weighted by Crippen LogP contribution is -2.28. The molecule has 1 unspecified atom stereocenters. The highest BCUT2D eigenvalue weighted by Crippen LogP contribution is 2.37. The Morgan fingerprint density at radius 3 is 2.88 bits per heavy atom. The average molecular weight is 261 g/mol. The molecular weight excluding hydrogens is 251 g/mol. The van der Waals surface area contributed by atoms with Gasteiger partial charge in [0.25, 0.3) is 0 Å². The molecule has 1 aromatic rings. The van der Waals surface area contributed by atoms with E-state index in [1.54, 1.807) is 12.1 Å². The fourth-order valence-electron chi connectivity index (χ4n) is 1.79. The number of carbonyl (C=O) groups is 1. The first kappa shape index (κ1) is 11.7. The van der Waals surface area contributed by atoms with Gasteiger partial charge < -0.3 is 9.84 Å². The Kier molecular flexibility index (Phi) is 3.38. The van der Waals surface area contributed by atoms with Crippen molar-refractivity contribution in [3.05, 3.63) is 27.7 Å². The SMILES string of the molecule is O=C1Oc2c(Cl)cc(Cl)cc2CC1CCO. The number of carbonyl (C=O) groups excluding carboxylic acids is 1. The Balaban J connectivity index is 2.35. The van der Waals surface area contributed by atoms with Gasteiger partial charge in [-0.2, -0.15) is 0 Å². The van der Waals surface area contributed by atoms with Crippen LogP contribution in [0.2, 0.25) is 10.0 Å². The van der Waals surface area contributed by atoms with Gasteiger partial charge >= 0.3 is 5.97 Å². The van der Waals surface area contributed by atoms with Crippen LogP contribution in [-0.4, -0.2) is 17.7 Å². The number of hydrogen-bond donors (Lipinski definition) is 1. The van der Waals surface area contributed by atoms with Gasteiger partial charge in [0.15, 0.2) is 5.75 Å². The maximum absolute atomic E-state index is 11.6. The minimum absolute atomic E-state index is 0.0383. The zero-order chi connectivity index (χ0) is 11.7. The minimum Gasteiger partial charge on any atom is -0.424 e. The lowest BCUT2D eigenvalue weighted by Gasteiger charge is -2.23. The second-order valence-electron chi connectivity index (χ2n) is 3.71. The minimum atomic E-state index is -0.342. The standard InChI is InChI=1S/C11H10Cl2O3/c12-8-4-7-3-6(1-2-14)11(15)16-10(7)9(13)5-8/h4-6,14H,1-3H2. The number of hydrogen-bond acceptors (Lipinski definition) is 3. The molecule has 1 N–H and O–H groups in total. The van der Waals surface area contributed by atoms with E-state index in [4.69, 9.17) is 33.0 Å². The number of aliphatic hydroxyl groups excluding tert-OH is 1. The lowest BCUT2D eigenvalue weighted by atomic mass is 9.94. The van der Waals surface area contributed by atoms with Gasteiger partial charge in [-0.05, 0) is 30.5 Å². The molecule has 1 atom stereocenters. The fourth-order valence-corrected chi connectivity index (χ4v) is 2.36. The van der Waals surface area contributed by atoms with Crippen LogP contribution >= 0.6 is 23.2 Å². The molecular formula is C11H10Cl2O3. The average Bonchev–Trinajstić information content (AvgIpc) is 2.21. The summed E-state index contributed by atoms with van der Waals surface area (Å²) in [4.78, 5) is 11.6. The zero-order valence-corrected chi connectivity index (χ0v) is 9.88. The Labute approximate surface area is 103 Å². The highest BCUT2D eigenvalue weighted by atomic mass is 35.5. The summed E-state index contributed by atoms with van der Waals surface area (Å²) in [6.07, 6.45) is 0.900. The van der Waals surface area contributed by atoms with Gasteiger partial charge in [-0.3, -0.25) is 4.79 Å². The zero-order valence-electron chi connectivity index (χ0n) is 8.37. The van der Waals surface area contributed by atoms with E-state index in [9.17, 15) is 4.79 Å². The van der Waals surface area contributed by atoms with E-state index in [1.807, 2.05) is 0 Å². The van der Waals surface area contributed by atoms with Crippen LogP contribution in [0.25, 0.3) is 0 Å².